The molecule has 1 fully saturated rings. The van der Waals surface area contributed by atoms with E-state index in [1.54, 1.807) is 30.9 Å². The Bertz CT molecular complexity index is 1190. The zero-order valence-electron chi connectivity index (χ0n) is 21.5. The maximum atomic E-state index is 13.6. The van der Waals surface area contributed by atoms with Gasteiger partial charge in [0, 0.05) is 31.2 Å². The molecule has 1 aliphatic carbocycles. The number of anilines is 1. The molecule has 1 saturated carbocycles. The number of ether oxygens (including phenoxy) is 1. The van der Waals surface area contributed by atoms with E-state index in [4.69, 9.17) is 9.26 Å². The molecule has 198 valence electrons. The second-order valence-electron chi connectivity index (χ2n) is 10.3. The Morgan fingerprint density at radius 3 is 2.61 bits per heavy atom. The first kappa shape index (κ1) is 26.4. The van der Waals surface area contributed by atoms with Gasteiger partial charge in [0.05, 0.1) is 18.2 Å². The van der Waals surface area contributed by atoms with Gasteiger partial charge >= 0.3 is 0 Å². The van der Waals surface area contributed by atoms with Crippen LogP contribution in [0.4, 0.5) is 5.69 Å². The highest BCUT2D eigenvalue weighted by molar-refractivity contribution is 7.92. The summed E-state index contributed by atoms with van der Waals surface area (Å²) < 4.78 is 40.0. The number of amides is 1. The maximum Gasteiger partial charge on any atom is 0.267 e. The number of aliphatic hydroxyl groups is 1. The van der Waals surface area contributed by atoms with Crippen LogP contribution >= 0.6 is 0 Å². The van der Waals surface area contributed by atoms with E-state index in [2.05, 4.69) is 28.8 Å². The number of carbonyl (C=O) groups is 1. The number of aromatic nitrogens is 1. The Hall–Kier alpha value is -2.63. The molecule has 0 spiro atoms. The Kier molecular flexibility index (Phi) is 7.63. The van der Waals surface area contributed by atoms with Gasteiger partial charge in [-0.2, -0.15) is 0 Å². The number of hydrogen-bond donors (Lipinski definition) is 2. The van der Waals surface area contributed by atoms with Gasteiger partial charge < -0.3 is 24.2 Å². The van der Waals surface area contributed by atoms with E-state index < -0.39 is 16.1 Å². The van der Waals surface area contributed by atoms with Gasteiger partial charge in [0.25, 0.3) is 15.9 Å². The molecule has 0 radical (unpaired) electrons. The lowest BCUT2D eigenvalue weighted by Gasteiger charge is -2.38. The number of benzene rings is 1. The van der Waals surface area contributed by atoms with E-state index in [-0.39, 0.29) is 52.1 Å². The number of rotatable bonds is 9. The molecule has 1 aliphatic heterocycles. The minimum Gasteiger partial charge on any atom is -0.488 e. The van der Waals surface area contributed by atoms with Crippen molar-refractivity contribution in [1.29, 1.82) is 0 Å². The van der Waals surface area contributed by atoms with Gasteiger partial charge in [0.2, 0.25) is 0 Å². The molecule has 1 aromatic carbocycles. The molecule has 4 rings (SSSR count). The van der Waals surface area contributed by atoms with Crippen LogP contribution in [0.15, 0.2) is 27.6 Å². The van der Waals surface area contributed by atoms with Crippen molar-refractivity contribution in [2.45, 2.75) is 57.6 Å². The summed E-state index contributed by atoms with van der Waals surface area (Å²) in [5, 5.41) is 13.6. The first-order chi connectivity index (χ1) is 17.0. The summed E-state index contributed by atoms with van der Waals surface area (Å²) in [5.74, 6) is 1.02. The van der Waals surface area contributed by atoms with Gasteiger partial charge in [0.15, 0.2) is 10.7 Å². The molecule has 0 saturated heterocycles. The molecule has 11 heteroatoms. The van der Waals surface area contributed by atoms with Gasteiger partial charge in [-0.3, -0.25) is 9.52 Å². The summed E-state index contributed by atoms with van der Waals surface area (Å²) in [6.45, 7) is 8.88. The standard InChI is InChI=1S/C25H36N4O6S/c1-15-11-29(16(2)14-30)25(31)21-10-20(27-36(32,33)24-17(3)26-35-18(24)4)8-9-22(21)34-23(15)13-28(5)12-19-6-7-19/h8-10,15-16,19,23,27,30H,6-7,11-14H2,1-5H3/t15-,16-,23+/m0/s1. The van der Waals surface area contributed by atoms with Crippen LogP contribution in [0.25, 0.3) is 0 Å². The second kappa shape index (κ2) is 10.4. The number of nitrogens with zero attached hydrogens (tertiary/aromatic N) is 3. The van der Waals surface area contributed by atoms with Gasteiger partial charge in [0.1, 0.15) is 17.5 Å². The first-order valence-electron chi connectivity index (χ1n) is 12.4. The summed E-state index contributed by atoms with van der Waals surface area (Å²) >= 11 is 0. The lowest BCUT2D eigenvalue weighted by molar-refractivity contribution is 0.0344. The average molecular weight is 521 g/mol. The van der Waals surface area contributed by atoms with E-state index in [9.17, 15) is 18.3 Å². The quantitative estimate of drug-likeness (QED) is 0.517. The largest absolute Gasteiger partial charge is 0.488 e. The van der Waals surface area contributed by atoms with Crippen molar-refractivity contribution in [2.75, 3.05) is 38.0 Å². The zero-order chi connectivity index (χ0) is 26.2. The van der Waals surface area contributed by atoms with Crippen LogP contribution in [0.2, 0.25) is 0 Å². The van der Waals surface area contributed by atoms with E-state index >= 15 is 0 Å². The van der Waals surface area contributed by atoms with Gasteiger partial charge in [-0.1, -0.05) is 12.1 Å². The SMILES string of the molecule is Cc1noc(C)c1S(=O)(=O)Nc1ccc2c(c1)C(=O)N([C@@H](C)CO)C[C@H](C)[C@@H](CN(C)CC1CC1)O2. The summed E-state index contributed by atoms with van der Waals surface area (Å²) in [5.41, 5.74) is 0.718. The molecule has 2 heterocycles. The third kappa shape index (κ3) is 5.68. The van der Waals surface area contributed by atoms with E-state index in [0.29, 0.717) is 18.8 Å². The van der Waals surface area contributed by atoms with E-state index in [1.807, 2.05) is 0 Å². The van der Waals surface area contributed by atoms with Gasteiger partial charge in [-0.15, -0.1) is 0 Å². The number of fused-ring (bicyclic) bond motifs is 1. The molecule has 2 N–H and O–H groups in total. The number of likely N-dealkylation sites (N-methyl/N-ethyl adjacent to an activating group) is 1. The van der Waals surface area contributed by atoms with Crippen molar-refractivity contribution in [3.8, 4) is 5.75 Å². The van der Waals surface area contributed by atoms with Gasteiger partial charge in [-0.05, 0) is 64.8 Å². The lowest BCUT2D eigenvalue weighted by Crippen LogP contribution is -2.50. The molecule has 0 unspecified atom stereocenters. The molecule has 36 heavy (non-hydrogen) atoms. The number of hydrogen-bond acceptors (Lipinski definition) is 8. The second-order valence-corrected chi connectivity index (χ2v) is 11.9. The molecule has 3 atom stereocenters. The maximum absolute atomic E-state index is 13.6. The number of nitrogens with one attached hydrogen (secondary N) is 1. The molecule has 2 aliphatic rings. The molecular formula is C25H36N4O6S. The number of carbonyl (C=O) groups excluding carboxylic acids is 1. The third-order valence-corrected chi connectivity index (χ3v) is 8.54. The van der Waals surface area contributed by atoms with Crippen LogP contribution in [-0.4, -0.2) is 79.8 Å². The summed E-state index contributed by atoms with van der Waals surface area (Å²) in [6, 6.07) is 4.30. The Morgan fingerprint density at radius 2 is 2.00 bits per heavy atom. The Morgan fingerprint density at radius 1 is 1.28 bits per heavy atom. The minimum absolute atomic E-state index is 0.0236. The van der Waals surface area contributed by atoms with Crippen LogP contribution in [0.5, 0.6) is 5.75 Å². The summed E-state index contributed by atoms with van der Waals surface area (Å²) in [4.78, 5) is 17.5. The van der Waals surface area contributed by atoms with Crippen LogP contribution in [0, 0.1) is 25.7 Å². The van der Waals surface area contributed by atoms with Crippen LogP contribution in [0.1, 0.15) is 48.5 Å². The predicted molar refractivity (Wildman–Crippen MR) is 135 cm³/mol. The highest BCUT2D eigenvalue weighted by Gasteiger charge is 2.34. The molecule has 10 nitrogen and oxygen atoms in total. The molecule has 0 bridgehead atoms. The number of aryl methyl sites for hydroxylation is 2. The van der Waals surface area contributed by atoms with Crippen molar-refractivity contribution in [1.82, 2.24) is 15.0 Å². The van der Waals surface area contributed by atoms with Crippen molar-refractivity contribution < 1.29 is 27.6 Å². The fraction of sp³-hybridized carbons (Fsp3) is 0.600. The zero-order valence-corrected chi connectivity index (χ0v) is 22.3. The van der Waals surface area contributed by atoms with E-state index in [1.165, 1.54) is 25.8 Å². The Balaban J connectivity index is 1.66. The minimum atomic E-state index is -3.99. The fourth-order valence-corrected chi connectivity index (χ4v) is 6.07. The smallest absolute Gasteiger partial charge is 0.267 e. The number of aliphatic hydroxyl groups excluding tert-OH is 1. The predicted octanol–water partition coefficient (Wildman–Crippen LogP) is 2.65. The molecule has 1 amide bonds. The lowest BCUT2D eigenvalue weighted by atomic mass is 9.99. The van der Waals surface area contributed by atoms with Crippen molar-refractivity contribution in [2.24, 2.45) is 11.8 Å². The summed E-state index contributed by atoms with van der Waals surface area (Å²) in [7, 11) is -1.90. The van der Waals surface area contributed by atoms with Crippen LogP contribution in [0.3, 0.4) is 0 Å². The first-order valence-corrected chi connectivity index (χ1v) is 13.8. The third-order valence-electron chi connectivity index (χ3n) is 6.91. The van der Waals surface area contributed by atoms with Crippen molar-refractivity contribution in [3.63, 3.8) is 0 Å². The highest BCUT2D eigenvalue weighted by atomic mass is 32.2. The fourth-order valence-electron chi connectivity index (χ4n) is 4.69. The highest BCUT2D eigenvalue weighted by Crippen LogP contribution is 2.33. The Labute approximate surface area is 212 Å². The van der Waals surface area contributed by atoms with Crippen LogP contribution in [-0.2, 0) is 10.0 Å². The molecule has 2 aromatic rings. The van der Waals surface area contributed by atoms with Crippen molar-refractivity contribution >= 4 is 21.6 Å². The summed E-state index contributed by atoms with van der Waals surface area (Å²) in [6.07, 6.45) is 2.34. The number of sulfonamides is 1. The average Bonchev–Trinajstić information content (AvgIpc) is 3.56. The molecule has 1 aromatic heterocycles. The van der Waals surface area contributed by atoms with Crippen LogP contribution < -0.4 is 9.46 Å². The normalized spacial score (nSPS) is 21.5. The van der Waals surface area contributed by atoms with E-state index in [0.717, 1.165) is 12.5 Å². The van der Waals surface area contributed by atoms with Gasteiger partial charge in [-0.25, -0.2) is 8.42 Å². The molecular weight excluding hydrogens is 484 g/mol. The monoisotopic (exact) mass is 520 g/mol. The topological polar surface area (TPSA) is 125 Å². The van der Waals surface area contributed by atoms with Crippen molar-refractivity contribution in [3.05, 3.63) is 35.2 Å².